The molecular formula is C23H28N4O4. The van der Waals surface area contributed by atoms with Crippen molar-refractivity contribution in [3.63, 3.8) is 0 Å². The number of carbonyl (C=O) groups is 1. The molecule has 2 atom stereocenters. The number of ether oxygens (including phenoxy) is 1. The van der Waals surface area contributed by atoms with Crippen molar-refractivity contribution in [2.45, 2.75) is 19.0 Å². The molecule has 8 nitrogen and oxygen atoms in total. The SMILES string of the molecule is COCCNC(=O)[C@@H]1Cc2cc([N+](=O)[O-])ccc2N2CCN(Cc3ccccc3)C[C@@H]12. The van der Waals surface area contributed by atoms with Crippen LogP contribution in [-0.2, 0) is 22.5 Å². The Hall–Kier alpha value is -2.97. The van der Waals surface area contributed by atoms with Crippen LogP contribution in [0.25, 0.3) is 0 Å². The zero-order valence-corrected chi connectivity index (χ0v) is 17.7. The summed E-state index contributed by atoms with van der Waals surface area (Å²) in [5.41, 5.74) is 3.20. The summed E-state index contributed by atoms with van der Waals surface area (Å²) in [7, 11) is 1.60. The van der Waals surface area contributed by atoms with Gasteiger partial charge in [-0.25, -0.2) is 0 Å². The largest absolute Gasteiger partial charge is 0.383 e. The number of nitrogens with zero attached hydrogens (tertiary/aromatic N) is 3. The summed E-state index contributed by atoms with van der Waals surface area (Å²) in [6, 6.07) is 15.4. The molecule has 1 saturated heterocycles. The number of hydrogen-bond acceptors (Lipinski definition) is 6. The minimum atomic E-state index is -0.377. The third-order valence-corrected chi connectivity index (χ3v) is 6.18. The Bertz CT molecular complexity index is 936. The van der Waals surface area contributed by atoms with Gasteiger partial charge in [0.25, 0.3) is 5.69 Å². The van der Waals surface area contributed by atoms with Crippen molar-refractivity contribution in [2.75, 3.05) is 44.8 Å². The minimum Gasteiger partial charge on any atom is -0.383 e. The van der Waals surface area contributed by atoms with Gasteiger partial charge in [-0.1, -0.05) is 30.3 Å². The normalized spacial score (nSPS) is 20.6. The third kappa shape index (κ3) is 4.70. The van der Waals surface area contributed by atoms with Crippen LogP contribution in [0.1, 0.15) is 11.1 Å². The monoisotopic (exact) mass is 424 g/mol. The lowest BCUT2D eigenvalue weighted by atomic mass is 9.83. The summed E-state index contributed by atoms with van der Waals surface area (Å²) in [5.74, 6) is -0.296. The van der Waals surface area contributed by atoms with E-state index in [9.17, 15) is 14.9 Å². The van der Waals surface area contributed by atoms with Gasteiger partial charge in [-0.15, -0.1) is 0 Å². The molecule has 2 heterocycles. The second-order valence-corrected chi connectivity index (χ2v) is 8.15. The van der Waals surface area contributed by atoms with Crippen LogP contribution in [0, 0.1) is 16.0 Å². The summed E-state index contributed by atoms with van der Waals surface area (Å²) in [6.07, 6.45) is 0.496. The van der Waals surface area contributed by atoms with Gasteiger partial charge in [0.2, 0.25) is 5.91 Å². The number of nitrogens with one attached hydrogen (secondary N) is 1. The molecule has 0 saturated carbocycles. The Labute approximate surface area is 181 Å². The van der Waals surface area contributed by atoms with Crippen molar-refractivity contribution in [1.29, 1.82) is 0 Å². The minimum absolute atomic E-state index is 0.0222. The molecule has 2 aromatic rings. The van der Waals surface area contributed by atoms with Crippen molar-refractivity contribution < 1.29 is 14.5 Å². The first-order valence-corrected chi connectivity index (χ1v) is 10.6. The Balaban J connectivity index is 1.58. The number of benzene rings is 2. The summed E-state index contributed by atoms with van der Waals surface area (Å²) < 4.78 is 5.06. The number of carbonyl (C=O) groups excluding carboxylic acids is 1. The highest BCUT2D eigenvalue weighted by atomic mass is 16.6. The van der Waals surface area contributed by atoms with Gasteiger partial charge in [0.15, 0.2) is 0 Å². The fraction of sp³-hybridized carbons (Fsp3) is 0.435. The molecule has 31 heavy (non-hydrogen) atoms. The average Bonchev–Trinajstić information content (AvgIpc) is 2.78. The van der Waals surface area contributed by atoms with Crippen LogP contribution in [0.4, 0.5) is 11.4 Å². The number of non-ortho nitro benzene ring substituents is 1. The fourth-order valence-electron chi connectivity index (χ4n) is 4.68. The highest BCUT2D eigenvalue weighted by Gasteiger charge is 2.41. The van der Waals surface area contributed by atoms with Crippen LogP contribution < -0.4 is 10.2 Å². The van der Waals surface area contributed by atoms with Crippen LogP contribution in [0.2, 0.25) is 0 Å². The third-order valence-electron chi connectivity index (χ3n) is 6.18. The zero-order valence-electron chi connectivity index (χ0n) is 17.7. The van der Waals surface area contributed by atoms with E-state index in [1.165, 1.54) is 5.56 Å². The molecule has 0 bridgehead atoms. The van der Waals surface area contributed by atoms with Crippen LogP contribution >= 0.6 is 0 Å². The van der Waals surface area contributed by atoms with Crippen molar-refractivity contribution in [2.24, 2.45) is 5.92 Å². The standard InChI is InChI=1S/C23H28N4O4/c1-31-12-9-24-23(28)20-14-18-13-19(27(29)30)7-8-21(18)26-11-10-25(16-22(20)26)15-17-5-3-2-4-6-17/h2-8,13,20,22H,9-12,14-16H2,1H3,(H,24,28)/t20-,22+/m1/s1. The number of nitro benzene ring substituents is 1. The van der Waals surface area contributed by atoms with E-state index >= 15 is 0 Å². The summed E-state index contributed by atoms with van der Waals surface area (Å²) in [6.45, 7) is 4.18. The first-order chi connectivity index (χ1) is 15.1. The Morgan fingerprint density at radius 1 is 1.23 bits per heavy atom. The van der Waals surface area contributed by atoms with Crippen molar-refractivity contribution >= 4 is 17.3 Å². The van der Waals surface area contributed by atoms with Crippen molar-refractivity contribution in [1.82, 2.24) is 10.2 Å². The molecule has 4 rings (SSSR count). The second-order valence-electron chi connectivity index (χ2n) is 8.15. The van der Waals surface area contributed by atoms with Gasteiger partial charge in [-0.05, 0) is 23.6 Å². The number of hydrogen-bond donors (Lipinski definition) is 1. The van der Waals surface area contributed by atoms with Gasteiger partial charge in [-0.3, -0.25) is 19.8 Å². The molecule has 1 N–H and O–H groups in total. The van der Waals surface area contributed by atoms with E-state index < -0.39 is 0 Å². The first kappa shape index (κ1) is 21.3. The number of fused-ring (bicyclic) bond motifs is 3. The molecule has 8 heteroatoms. The van der Waals surface area contributed by atoms with E-state index in [1.54, 1.807) is 19.2 Å². The van der Waals surface area contributed by atoms with Gasteiger partial charge >= 0.3 is 0 Å². The van der Waals surface area contributed by atoms with E-state index in [0.717, 1.165) is 37.4 Å². The van der Waals surface area contributed by atoms with E-state index in [4.69, 9.17) is 4.74 Å². The number of rotatable bonds is 7. The van der Waals surface area contributed by atoms with E-state index in [2.05, 4.69) is 27.2 Å². The number of anilines is 1. The highest BCUT2D eigenvalue weighted by Crippen LogP contribution is 2.38. The summed E-state index contributed by atoms with van der Waals surface area (Å²) in [4.78, 5) is 28.6. The van der Waals surface area contributed by atoms with E-state index in [1.807, 2.05) is 24.3 Å². The maximum Gasteiger partial charge on any atom is 0.269 e. The molecular weight excluding hydrogens is 396 g/mol. The zero-order chi connectivity index (χ0) is 21.8. The van der Waals surface area contributed by atoms with Gasteiger partial charge in [-0.2, -0.15) is 0 Å². The van der Waals surface area contributed by atoms with Crippen LogP contribution in [0.15, 0.2) is 48.5 Å². The molecule has 1 fully saturated rings. The van der Waals surface area contributed by atoms with Gasteiger partial charge in [0, 0.05) is 57.7 Å². The lowest BCUT2D eigenvalue weighted by Gasteiger charge is -2.49. The molecule has 2 aliphatic rings. The number of piperazine rings is 1. The Kier molecular flexibility index (Phi) is 6.48. The highest BCUT2D eigenvalue weighted by molar-refractivity contribution is 5.82. The number of nitro groups is 1. The van der Waals surface area contributed by atoms with Crippen LogP contribution in [-0.4, -0.2) is 61.7 Å². The lowest BCUT2D eigenvalue weighted by molar-refractivity contribution is -0.384. The smallest absolute Gasteiger partial charge is 0.269 e. The Morgan fingerprint density at radius 2 is 2.03 bits per heavy atom. The molecule has 0 unspecified atom stereocenters. The molecule has 0 aliphatic carbocycles. The molecule has 2 aromatic carbocycles. The van der Waals surface area contributed by atoms with Gasteiger partial charge in [0.1, 0.15) is 0 Å². The van der Waals surface area contributed by atoms with E-state index in [0.29, 0.717) is 19.6 Å². The number of methoxy groups -OCH3 is 1. The Morgan fingerprint density at radius 3 is 2.77 bits per heavy atom. The van der Waals surface area contributed by atoms with E-state index in [-0.39, 0.29) is 28.5 Å². The van der Waals surface area contributed by atoms with Crippen molar-refractivity contribution in [3.8, 4) is 0 Å². The molecule has 0 radical (unpaired) electrons. The molecule has 1 amide bonds. The topological polar surface area (TPSA) is 87.9 Å². The predicted molar refractivity (Wildman–Crippen MR) is 118 cm³/mol. The molecule has 164 valence electrons. The maximum atomic E-state index is 13.1. The predicted octanol–water partition coefficient (Wildman–Crippen LogP) is 2.22. The molecule has 0 spiro atoms. The fourth-order valence-corrected chi connectivity index (χ4v) is 4.68. The molecule has 2 aliphatic heterocycles. The van der Waals surface area contributed by atoms with Gasteiger partial charge in [0.05, 0.1) is 23.5 Å². The maximum absolute atomic E-state index is 13.1. The van der Waals surface area contributed by atoms with Crippen LogP contribution in [0.3, 0.4) is 0 Å². The lowest BCUT2D eigenvalue weighted by Crippen LogP contribution is -2.61. The van der Waals surface area contributed by atoms with Gasteiger partial charge < -0.3 is 15.0 Å². The van der Waals surface area contributed by atoms with Crippen molar-refractivity contribution in [3.05, 3.63) is 69.8 Å². The second kappa shape index (κ2) is 9.45. The first-order valence-electron chi connectivity index (χ1n) is 10.6. The number of amides is 1. The average molecular weight is 425 g/mol. The molecule has 0 aromatic heterocycles. The summed E-state index contributed by atoms with van der Waals surface area (Å²) >= 11 is 0. The summed E-state index contributed by atoms with van der Waals surface area (Å²) in [5, 5.41) is 14.2. The van der Waals surface area contributed by atoms with Crippen LogP contribution in [0.5, 0.6) is 0 Å². The quantitative estimate of drug-likeness (QED) is 0.417.